The predicted octanol–water partition coefficient (Wildman–Crippen LogP) is 1.08. The predicted molar refractivity (Wildman–Crippen MR) is 74.1 cm³/mol. The Hall–Kier alpha value is -3.16. The van der Waals surface area contributed by atoms with E-state index >= 15 is 0 Å². The van der Waals surface area contributed by atoms with E-state index in [0.29, 0.717) is 0 Å². The molecule has 1 aromatic heterocycles. The van der Waals surface area contributed by atoms with Crippen molar-refractivity contribution in [3.8, 4) is 11.5 Å². The molecular formula is C14H11NO7. The molecule has 0 amide bonds. The van der Waals surface area contributed by atoms with Crippen LogP contribution in [0.5, 0.6) is 11.5 Å². The maximum atomic E-state index is 12.1. The summed E-state index contributed by atoms with van der Waals surface area (Å²) >= 11 is 0. The molecule has 114 valence electrons. The number of aromatic nitrogens is 1. The minimum Gasteiger partial charge on any atom is -0.477 e. The lowest BCUT2D eigenvalue weighted by atomic mass is 10.1. The van der Waals surface area contributed by atoms with Crippen LogP contribution in [0.2, 0.25) is 0 Å². The monoisotopic (exact) mass is 305 g/mol. The zero-order chi connectivity index (χ0) is 16.4. The van der Waals surface area contributed by atoms with E-state index in [1.807, 2.05) is 0 Å². The van der Waals surface area contributed by atoms with Crippen molar-refractivity contribution in [2.45, 2.75) is 13.8 Å². The van der Waals surface area contributed by atoms with Gasteiger partial charge in [0.05, 0.1) is 10.9 Å². The topological polar surface area (TPSA) is 123 Å². The zero-order valence-corrected chi connectivity index (χ0v) is 11.6. The van der Waals surface area contributed by atoms with Crippen LogP contribution >= 0.6 is 0 Å². The molecule has 0 saturated carbocycles. The standard InChI is InChI=1S/C14H11NO7/c1-6(16)21-11-3-8-10(4-12(11)22-7(2)17)15-5-9(13(8)18)14(19)20/h3-5H,1-2H3,(H,15,18)(H,19,20). The van der Waals surface area contributed by atoms with Crippen LogP contribution in [0.3, 0.4) is 0 Å². The Morgan fingerprint density at radius 2 is 1.59 bits per heavy atom. The van der Waals surface area contributed by atoms with Gasteiger partial charge in [-0.25, -0.2) is 4.79 Å². The van der Waals surface area contributed by atoms with Crippen LogP contribution in [0.25, 0.3) is 10.9 Å². The number of carboxylic acids is 1. The highest BCUT2D eigenvalue weighted by atomic mass is 16.6. The van der Waals surface area contributed by atoms with Gasteiger partial charge in [0.1, 0.15) is 5.56 Å². The van der Waals surface area contributed by atoms with E-state index in [2.05, 4.69) is 4.98 Å². The van der Waals surface area contributed by atoms with Gasteiger partial charge >= 0.3 is 17.9 Å². The molecule has 0 aliphatic heterocycles. The molecule has 0 aliphatic rings. The van der Waals surface area contributed by atoms with Crippen molar-refractivity contribution < 1.29 is 29.0 Å². The third-order valence-electron chi connectivity index (χ3n) is 2.68. The number of carboxylic acid groups (broad SMARTS) is 1. The highest BCUT2D eigenvalue weighted by molar-refractivity contribution is 5.93. The number of aromatic carboxylic acids is 1. The number of carbonyl (C=O) groups is 3. The lowest BCUT2D eigenvalue weighted by molar-refractivity contribution is -0.134. The normalized spacial score (nSPS) is 10.3. The van der Waals surface area contributed by atoms with E-state index in [1.54, 1.807) is 0 Å². The smallest absolute Gasteiger partial charge is 0.341 e. The van der Waals surface area contributed by atoms with Crippen LogP contribution in [-0.2, 0) is 9.59 Å². The Morgan fingerprint density at radius 3 is 2.09 bits per heavy atom. The molecule has 8 nitrogen and oxygen atoms in total. The van der Waals surface area contributed by atoms with Gasteiger partial charge in [0.25, 0.3) is 0 Å². The van der Waals surface area contributed by atoms with Crippen LogP contribution in [-0.4, -0.2) is 28.0 Å². The zero-order valence-electron chi connectivity index (χ0n) is 11.6. The van der Waals surface area contributed by atoms with Crippen LogP contribution in [0.4, 0.5) is 0 Å². The molecule has 0 unspecified atom stereocenters. The average Bonchev–Trinajstić information content (AvgIpc) is 2.39. The number of aromatic amines is 1. The summed E-state index contributed by atoms with van der Waals surface area (Å²) in [6.07, 6.45) is 1.04. The summed E-state index contributed by atoms with van der Waals surface area (Å²) in [6.45, 7) is 2.30. The van der Waals surface area contributed by atoms with Gasteiger partial charge in [-0.2, -0.15) is 0 Å². The van der Waals surface area contributed by atoms with E-state index in [0.717, 1.165) is 26.1 Å². The van der Waals surface area contributed by atoms with Gasteiger partial charge in [-0.1, -0.05) is 0 Å². The number of benzene rings is 1. The lowest BCUT2D eigenvalue weighted by Crippen LogP contribution is -2.16. The summed E-state index contributed by atoms with van der Waals surface area (Å²) < 4.78 is 9.81. The fraction of sp³-hybridized carbons (Fsp3) is 0.143. The molecule has 1 aromatic carbocycles. The number of nitrogens with one attached hydrogen (secondary N) is 1. The second kappa shape index (κ2) is 5.68. The number of ether oxygens (including phenoxy) is 2. The van der Waals surface area contributed by atoms with Crippen molar-refractivity contribution >= 4 is 28.8 Å². The third kappa shape index (κ3) is 2.95. The minimum atomic E-state index is -1.39. The minimum absolute atomic E-state index is 0.00736. The Labute approximate surface area is 123 Å². The number of esters is 2. The maximum Gasteiger partial charge on any atom is 0.341 e. The van der Waals surface area contributed by atoms with Gasteiger partial charge in [-0.3, -0.25) is 14.4 Å². The summed E-state index contributed by atoms with van der Waals surface area (Å²) in [4.78, 5) is 47.9. The number of hydrogen-bond donors (Lipinski definition) is 2. The van der Waals surface area contributed by atoms with Gasteiger partial charge in [-0.15, -0.1) is 0 Å². The van der Waals surface area contributed by atoms with Crippen molar-refractivity contribution in [2.75, 3.05) is 0 Å². The first kappa shape index (κ1) is 15.2. The van der Waals surface area contributed by atoms with Gasteiger partial charge in [0.2, 0.25) is 5.43 Å². The molecule has 0 spiro atoms. The van der Waals surface area contributed by atoms with E-state index < -0.39 is 28.9 Å². The number of pyridine rings is 1. The van der Waals surface area contributed by atoms with Crippen LogP contribution in [0.1, 0.15) is 24.2 Å². The number of hydrogen-bond acceptors (Lipinski definition) is 6. The molecule has 0 aliphatic carbocycles. The second-order valence-corrected chi connectivity index (χ2v) is 4.37. The molecule has 0 atom stereocenters. The van der Waals surface area contributed by atoms with Gasteiger partial charge in [0.15, 0.2) is 11.5 Å². The van der Waals surface area contributed by atoms with Crippen LogP contribution in [0.15, 0.2) is 23.1 Å². The van der Waals surface area contributed by atoms with Gasteiger partial charge < -0.3 is 19.6 Å². The Balaban J connectivity index is 2.74. The van der Waals surface area contributed by atoms with Crippen molar-refractivity contribution in [1.82, 2.24) is 4.98 Å². The molecule has 22 heavy (non-hydrogen) atoms. The van der Waals surface area contributed by atoms with E-state index in [-0.39, 0.29) is 22.4 Å². The van der Waals surface area contributed by atoms with Crippen LogP contribution in [0, 0.1) is 0 Å². The number of fused-ring (bicyclic) bond motifs is 1. The Bertz CT molecular complexity index is 850. The molecule has 0 fully saturated rings. The van der Waals surface area contributed by atoms with E-state index in [9.17, 15) is 19.2 Å². The molecule has 2 N–H and O–H groups in total. The first-order valence-electron chi connectivity index (χ1n) is 6.09. The number of carbonyl (C=O) groups excluding carboxylic acids is 2. The van der Waals surface area contributed by atoms with E-state index in [1.165, 1.54) is 6.07 Å². The number of H-pyrrole nitrogens is 1. The summed E-state index contributed by atoms with van der Waals surface area (Å²) in [5, 5.41) is 8.93. The van der Waals surface area contributed by atoms with Crippen molar-refractivity contribution in [3.63, 3.8) is 0 Å². The average molecular weight is 305 g/mol. The molecule has 2 rings (SSSR count). The van der Waals surface area contributed by atoms with E-state index in [4.69, 9.17) is 14.6 Å². The Kier molecular flexibility index (Phi) is 3.93. The molecule has 2 aromatic rings. The fourth-order valence-corrected chi connectivity index (χ4v) is 1.86. The highest BCUT2D eigenvalue weighted by Gasteiger charge is 2.17. The number of rotatable bonds is 3. The van der Waals surface area contributed by atoms with Crippen molar-refractivity contribution in [1.29, 1.82) is 0 Å². The SMILES string of the molecule is CC(=O)Oc1cc2[nH]cc(C(=O)O)c(=O)c2cc1OC(C)=O. The fourth-order valence-electron chi connectivity index (χ4n) is 1.86. The summed E-state index contributed by atoms with van der Waals surface area (Å²) in [6, 6.07) is 2.43. The molecule has 0 radical (unpaired) electrons. The second-order valence-electron chi connectivity index (χ2n) is 4.37. The quantitative estimate of drug-likeness (QED) is 0.642. The van der Waals surface area contributed by atoms with Gasteiger partial charge in [-0.05, 0) is 6.07 Å². The summed E-state index contributed by atoms with van der Waals surface area (Å²) in [7, 11) is 0. The van der Waals surface area contributed by atoms with Crippen molar-refractivity contribution in [2.24, 2.45) is 0 Å². The first-order chi connectivity index (χ1) is 10.3. The molecule has 0 saturated heterocycles. The molecule has 8 heteroatoms. The third-order valence-corrected chi connectivity index (χ3v) is 2.68. The summed E-state index contributed by atoms with van der Waals surface area (Å²) in [5.41, 5.74) is -0.965. The largest absolute Gasteiger partial charge is 0.477 e. The highest BCUT2D eigenvalue weighted by Crippen LogP contribution is 2.31. The molecule has 0 bridgehead atoms. The van der Waals surface area contributed by atoms with Crippen LogP contribution < -0.4 is 14.9 Å². The van der Waals surface area contributed by atoms with Gasteiger partial charge in [0, 0.05) is 26.1 Å². The first-order valence-corrected chi connectivity index (χ1v) is 6.09. The Morgan fingerprint density at radius 1 is 1.05 bits per heavy atom. The molecule has 1 heterocycles. The maximum absolute atomic E-state index is 12.1. The van der Waals surface area contributed by atoms with Crippen molar-refractivity contribution in [3.05, 3.63) is 34.1 Å². The molecular weight excluding hydrogens is 294 g/mol. The summed E-state index contributed by atoms with van der Waals surface area (Å²) in [5.74, 6) is -2.92. The lowest BCUT2D eigenvalue weighted by Gasteiger charge is -2.10.